The minimum atomic E-state index is -0.0982. The first kappa shape index (κ1) is 17.5. The Morgan fingerprint density at radius 3 is 2.22 bits per heavy atom. The van der Waals surface area contributed by atoms with Gasteiger partial charge < -0.3 is 4.90 Å². The summed E-state index contributed by atoms with van der Waals surface area (Å²) in [5, 5.41) is 0. The van der Waals surface area contributed by atoms with Gasteiger partial charge in [0.15, 0.2) is 0 Å². The Balaban J connectivity index is 1.53. The van der Waals surface area contributed by atoms with Crippen LogP contribution in [0.5, 0.6) is 0 Å². The molecule has 4 rings (SSSR count). The van der Waals surface area contributed by atoms with E-state index in [0.717, 1.165) is 31.6 Å². The van der Waals surface area contributed by atoms with Crippen LogP contribution < -0.4 is 0 Å². The number of nitrogens with zero attached hydrogens (tertiary/aromatic N) is 3. The summed E-state index contributed by atoms with van der Waals surface area (Å²) in [6.07, 6.45) is 9.20. The number of hydrogen-bond donors (Lipinski definition) is 0. The minimum Gasteiger partial charge on any atom is -0.339 e. The zero-order valence-electron chi connectivity index (χ0n) is 15.3. The van der Waals surface area contributed by atoms with Crippen molar-refractivity contribution in [2.45, 2.75) is 32.1 Å². The van der Waals surface area contributed by atoms with E-state index in [1.165, 1.54) is 19.3 Å². The van der Waals surface area contributed by atoms with E-state index in [9.17, 15) is 9.59 Å². The van der Waals surface area contributed by atoms with Crippen molar-refractivity contribution in [2.75, 3.05) is 13.1 Å². The summed E-state index contributed by atoms with van der Waals surface area (Å²) in [6, 6.07) is 12.6. The van der Waals surface area contributed by atoms with E-state index >= 15 is 0 Å². The molecule has 27 heavy (non-hydrogen) atoms. The number of rotatable bonds is 3. The fourth-order valence-electron chi connectivity index (χ4n) is 3.65. The summed E-state index contributed by atoms with van der Waals surface area (Å²) in [5.74, 6) is -0.0374. The molecule has 5 heteroatoms. The highest BCUT2D eigenvalue weighted by molar-refractivity contribution is 6.08. The van der Waals surface area contributed by atoms with E-state index in [-0.39, 0.29) is 11.7 Å². The standard InChI is InChI=1S/C22H23N3O2/c26-21(19-16-23-20-8-4-7-15-25(19)20)17-9-11-18(12-10-17)22(27)24-13-5-2-1-3-6-14-24/h4,7-12,15-16H,1-3,5-6,13-14H2. The monoisotopic (exact) mass is 361 g/mol. The summed E-state index contributed by atoms with van der Waals surface area (Å²) in [6.45, 7) is 1.64. The summed E-state index contributed by atoms with van der Waals surface area (Å²) in [7, 11) is 0. The molecular weight excluding hydrogens is 338 g/mol. The van der Waals surface area contributed by atoms with Gasteiger partial charge in [0.25, 0.3) is 5.91 Å². The van der Waals surface area contributed by atoms with E-state index in [1.54, 1.807) is 34.9 Å². The molecule has 0 aliphatic carbocycles. The third kappa shape index (κ3) is 3.63. The molecule has 138 valence electrons. The lowest BCUT2D eigenvalue weighted by atomic mass is 10.0. The van der Waals surface area contributed by atoms with Crippen molar-refractivity contribution in [3.8, 4) is 0 Å². The number of imidazole rings is 1. The van der Waals surface area contributed by atoms with E-state index in [0.29, 0.717) is 16.8 Å². The van der Waals surface area contributed by atoms with Crippen LogP contribution in [0, 0.1) is 0 Å². The molecule has 1 amide bonds. The number of carbonyl (C=O) groups is 2. The summed E-state index contributed by atoms with van der Waals surface area (Å²) >= 11 is 0. The summed E-state index contributed by atoms with van der Waals surface area (Å²) in [4.78, 5) is 31.8. The molecule has 5 nitrogen and oxygen atoms in total. The van der Waals surface area contributed by atoms with E-state index in [2.05, 4.69) is 4.98 Å². The maximum atomic E-state index is 12.8. The molecule has 0 saturated carbocycles. The van der Waals surface area contributed by atoms with Gasteiger partial charge >= 0.3 is 0 Å². The van der Waals surface area contributed by atoms with Crippen LogP contribution in [-0.2, 0) is 0 Å². The number of carbonyl (C=O) groups excluding carboxylic acids is 2. The van der Waals surface area contributed by atoms with Crippen molar-refractivity contribution in [3.63, 3.8) is 0 Å². The van der Waals surface area contributed by atoms with E-state index < -0.39 is 0 Å². The highest BCUT2D eigenvalue weighted by Gasteiger charge is 2.18. The smallest absolute Gasteiger partial charge is 0.253 e. The van der Waals surface area contributed by atoms with Crippen LogP contribution in [0.3, 0.4) is 0 Å². The second-order valence-electron chi connectivity index (χ2n) is 7.04. The molecule has 3 heterocycles. The lowest BCUT2D eigenvalue weighted by Gasteiger charge is -2.24. The second-order valence-corrected chi connectivity index (χ2v) is 7.04. The molecular formula is C22H23N3O2. The maximum Gasteiger partial charge on any atom is 0.253 e. The maximum absolute atomic E-state index is 12.8. The van der Waals surface area contributed by atoms with E-state index in [4.69, 9.17) is 0 Å². The van der Waals surface area contributed by atoms with Gasteiger partial charge in [-0.25, -0.2) is 4.98 Å². The number of benzene rings is 1. The predicted octanol–water partition coefficient (Wildman–Crippen LogP) is 3.97. The number of hydrogen-bond acceptors (Lipinski definition) is 3. The van der Waals surface area contributed by atoms with Crippen molar-refractivity contribution < 1.29 is 9.59 Å². The van der Waals surface area contributed by atoms with Gasteiger partial charge in [-0.2, -0.15) is 0 Å². The van der Waals surface area contributed by atoms with Crippen LogP contribution in [0.1, 0.15) is 58.5 Å². The molecule has 1 aliphatic heterocycles. The predicted molar refractivity (Wildman–Crippen MR) is 104 cm³/mol. The average Bonchev–Trinajstić information content (AvgIpc) is 3.11. The molecule has 1 aliphatic rings. The molecule has 1 fully saturated rings. The van der Waals surface area contributed by atoms with Crippen molar-refractivity contribution in [3.05, 3.63) is 71.7 Å². The molecule has 1 aromatic carbocycles. The minimum absolute atomic E-state index is 0.0608. The molecule has 0 N–H and O–H groups in total. The quantitative estimate of drug-likeness (QED) is 0.663. The van der Waals surface area contributed by atoms with Gasteiger partial charge in [0, 0.05) is 30.4 Å². The largest absolute Gasteiger partial charge is 0.339 e. The number of likely N-dealkylation sites (tertiary alicyclic amines) is 1. The van der Waals surface area contributed by atoms with Crippen molar-refractivity contribution in [1.29, 1.82) is 0 Å². The number of ketones is 1. The Hall–Kier alpha value is -2.95. The first-order valence-electron chi connectivity index (χ1n) is 9.60. The van der Waals surface area contributed by atoms with Gasteiger partial charge in [-0.15, -0.1) is 0 Å². The van der Waals surface area contributed by atoms with Gasteiger partial charge in [0.1, 0.15) is 11.3 Å². The van der Waals surface area contributed by atoms with Crippen LogP contribution in [0.2, 0.25) is 0 Å². The van der Waals surface area contributed by atoms with Crippen LogP contribution >= 0.6 is 0 Å². The molecule has 0 atom stereocenters. The van der Waals surface area contributed by atoms with Crippen LogP contribution in [0.4, 0.5) is 0 Å². The third-order valence-electron chi connectivity index (χ3n) is 5.19. The fraction of sp³-hybridized carbons (Fsp3) is 0.318. The SMILES string of the molecule is O=C(c1ccc(C(=O)N2CCCCCCC2)cc1)c1cnc2ccccn12. The molecule has 0 radical (unpaired) electrons. The summed E-state index contributed by atoms with van der Waals surface area (Å²) in [5.41, 5.74) is 2.47. The lowest BCUT2D eigenvalue weighted by molar-refractivity contribution is 0.0742. The number of pyridine rings is 1. The molecule has 0 unspecified atom stereocenters. The highest BCUT2D eigenvalue weighted by Crippen LogP contribution is 2.16. The van der Waals surface area contributed by atoms with Crippen molar-refractivity contribution >= 4 is 17.3 Å². The Labute approximate surface area is 158 Å². The Bertz CT molecular complexity index is 951. The summed E-state index contributed by atoms with van der Waals surface area (Å²) < 4.78 is 1.78. The zero-order chi connectivity index (χ0) is 18.6. The fourth-order valence-corrected chi connectivity index (χ4v) is 3.65. The molecule has 2 aromatic heterocycles. The Kier molecular flexibility index (Phi) is 5.01. The average molecular weight is 361 g/mol. The van der Waals surface area contributed by atoms with Crippen molar-refractivity contribution in [2.24, 2.45) is 0 Å². The molecule has 0 bridgehead atoms. The molecule has 3 aromatic rings. The molecule has 0 spiro atoms. The Morgan fingerprint density at radius 1 is 0.815 bits per heavy atom. The van der Waals surface area contributed by atoms with Gasteiger partial charge in [0.05, 0.1) is 6.20 Å². The third-order valence-corrected chi connectivity index (χ3v) is 5.19. The van der Waals surface area contributed by atoms with Crippen LogP contribution in [-0.4, -0.2) is 39.1 Å². The molecule has 1 saturated heterocycles. The Morgan fingerprint density at radius 2 is 1.48 bits per heavy atom. The van der Waals surface area contributed by atoms with Gasteiger partial charge in [-0.05, 0) is 37.1 Å². The number of amides is 1. The van der Waals surface area contributed by atoms with Gasteiger partial charge in [-0.1, -0.05) is 37.5 Å². The first-order valence-corrected chi connectivity index (χ1v) is 9.60. The topological polar surface area (TPSA) is 54.7 Å². The van der Waals surface area contributed by atoms with Crippen molar-refractivity contribution in [1.82, 2.24) is 14.3 Å². The van der Waals surface area contributed by atoms with E-state index in [1.807, 2.05) is 29.3 Å². The van der Waals surface area contributed by atoms with Crippen LogP contribution in [0.15, 0.2) is 54.9 Å². The van der Waals surface area contributed by atoms with Gasteiger partial charge in [-0.3, -0.25) is 14.0 Å². The second kappa shape index (κ2) is 7.74. The first-order chi connectivity index (χ1) is 13.2. The van der Waals surface area contributed by atoms with Gasteiger partial charge in [0.2, 0.25) is 5.78 Å². The lowest BCUT2D eigenvalue weighted by Crippen LogP contribution is -2.33. The number of aromatic nitrogens is 2. The normalized spacial score (nSPS) is 15.3. The zero-order valence-corrected chi connectivity index (χ0v) is 15.3. The highest BCUT2D eigenvalue weighted by atomic mass is 16.2. The number of fused-ring (bicyclic) bond motifs is 1. The van der Waals surface area contributed by atoms with Crippen LogP contribution in [0.25, 0.3) is 5.65 Å².